The molecule has 0 saturated heterocycles. The molecule has 3 rings (SSSR count). The summed E-state index contributed by atoms with van der Waals surface area (Å²) in [5, 5.41) is 12.6. The van der Waals surface area contributed by atoms with Gasteiger partial charge < -0.3 is 5.32 Å². The minimum Gasteiger partial charge on any atom is -0.324 e. The van der Waals surface area contributed by atoms with Gasteiger partial charge in [0.15, 0.2) is 5.16 Å². The van der Waals surface area contributed by atoms with E-state index in [0.29, 0.717) is 17.5 Å². The Morgan fingerprint density at radius 2 is 1.73 bits per heavy atom. The Morgan fingerprint density at radius 3 is 2.38 bits per heavy atom. The molecule has 0 spiro atoms. The molecule has 0 aliphatic carbocycles. The van der Waals surface area contributed by atoms with Crippen LogP contribution in [0.25, 0.3) is 0 Å². The molecule has 0 amide bonds. The van der Waals surface area contributed by atoms with Crippen LogP contribution in [0.4, 0.5) is 11.6 Å². The number of benzene rings is 2. The van der Waals surface area contributed by atoms with Gasteiger partial charge in [-0.3, -0.25) is 0 Å². The smallest absolute Gasteiger partial charge is 0.231 e. The van der Waals surface area contributed by atoms with Gasteiger partial charge in [0.2, 0.25) is 5.95 Å². The third-order valence-electron chi connectivity index (χ3n) is 3.84. The van der Waals surface area contributed by atoms with Crippen molar-refractivity contribution in [3.05, 3.63) is 65.0 Å². The first-order valence-corrected chi connectivity index (χ1v) is 9.04. The molecular weight excluding hydrogens is 342 g/mol. The molecule has 6 heteroatoms. The number of aryl methyl sites for hydroxylation is 3. The summed E-state index contributed by atoms with van der Waals surface area (Å²) in [6.07, 6.45) is 1.92. The number of nitrogens with zero attached hydrogens (tertiary/aromatic N) is 4. The van der Waals surface area contributed by atoms with Crippen molar-refractivity contribution in [1.29, 1.82) is 5.26 Å². The zero-order valence-electron chi connectivity index (χ0n) is 14.9. The topological polar surface area (TPSA) is 74.5 Å². The van der Waals surface area contributed by atoms with Gasteiger partial charge in [-0.05, 0) is 61.4 Å². The molecule has 1 heterocycles. The number of anilines is 2. The predicted octanol–water partition coefficient (Wildman–Crippen LogP) is 4.76. The molecule has 0 aliphatic rings. The van der Waals surface area contributed by atoms with E-state index in [2.05, 4.69) is 59.2 Å². The maximum absolute atomic E-state index is 8.74. The van der Waals surface area contributed by atoms with Crippen LogP contribution in [0.1, 0.15) is 22.3 Å². The lowest BCUT2D eigenvalue weighted by atomic mass is 10.1. The zero-order chi connectivity index (χ0) is 18.5. The Kier molecular flexibility index (Phi) is 5.49. The Hall–Kier alpha value is -2.91. The molecule has 26 heavy (non-hydrogen) atoms. The fourth-order valence-corrected chi connectivity index (χ4v) is 3.59. The molecule has 5 nitrogen and oxygen atoms in total. The molecule has 0 unspecified atom stereocenters. The van der Waals surface area contributed by atoms with Crippen molar-refractivity contribution >= 4 is 23.4 Å². The Bertz CT molecular complexity index is 938. The summed E-state index contributed by atoms with van der Waals surface area (Å²) in [5.74, 6) is 0.498. The molecule has 130 valence electrons. The van der Waals surface area contributed by atoms with E-state index in [9.17, 15) is 0 Å². The molecule has 0 fully saturated rings. The largest absolute Gasteiger partial charge is 0.324 e. The number of hydrogen-bond donors (Lipinski definition) is 1. The molecule has 0 bridgehead atoms. The van der Waals surface area contributed by atoms with Crippen LogP contribution in [0.3, 0.4) is 0 Å². The van der Waals surface area contributed by atoms with E-state index in [1.54, 1.807) is 11.8 Å². The lowest BCUT2D eigenvalue weighted by Crippen LogP contribution is -2.00. The quantitative estimate of drug-likeness (QED) is 0.706. The van der Waals surface area contributed by atoms with E-state index < -0.39 is 0 Å². The summed E-state index contributed by atoms with van der Waals surface area (Å²) in [4.78, 5) is 14.2. The summed E-state index contributed by atoms with van der Waals surface area (Å²) in [6.45, 7) is 6.30. The van der Waals surface area contributed by atoms with Crippen molar-refractivity contribution < 1.29 is 0 Å². The normalized spacial score (nSPS) is 10.4. The van der Waals surface area contributed by atoms with Gasteiger partial charge in [-0.1, -0.05) is 29.8 Å². The molecular formula is C20H19N5S. The van der Waals surface area contributed by atoms with Crippen LogP contribution in [-0.4, -0.2) is 15.0 Å². The monoisotopic (exact) mass is 361 g/mol. The van der Waals surface area contributed by atoms with Crippen molar-refractivity contribution in [1.82, 2.24) is 15.0 Å². The molecule has 0 atom stereocenters. The molecule has 0 saturated carbocycles. The average Bonchev–Trinajstić information content (AvgIpc) is 2.60. The van der Waals surface area contributed by atoms with Gasteiger partial charge in [-0.25, -0.2) is 9.97 Å². The highest BCUT2D eigenvalue weighted by molar-refractivity contribution is 7.99. The maximum atomic E-state index is 8.74. The number of hydrogen-bond acceptors (Lipinski definition) is 6. The van der Waals surface area contributed by atoms with E-state index in [4.69, 9.17) is 5.26 Å². The third kappa shape index (κ3) is 4.38. The minimum atomic E-state index is 0.405. The van der Waals surface area contributed by atoms with Crippen molar-refractivity contribution in [2.24, 2.45) is 0 Å². The fraction of sp³-hybridized carbons (Fsp3) is 0.200. The lowest BCUT2D eigenvalue weighted by Gasteiger charge is -2.10. The van der Waals surface area contributed by atoms with Crippen LogP contribution in [0, 0.1) is 32.1 Å². The Morgan fingerprint density at radius 1 is 1.04 bits per heavy atom. The van der Waals surface area contributed by atoms with E-state index in [1.807, 2.05) is 24.3 Å². The molecule has 1 N–H and O–H groups in total. The van der Waals surface area contributed by atoms with Crippen LogP contribution in [0.2, 0.25) is 0 Å². The van der Waals surface area contributed by atoms with Gasteiger partial charge in [0.1, 0.15) is 6.33 Å². The first-order valence-electron chi connectivity index (χ1n) is 8.23. The highest BCUT2D eigenvalue weighted by atomic mass is 32.2. The second kappa shape index (κ2) is 7.98. The van der Waals surface area contributed by atoms with Gasteiger partial charge in [-0.2, -0.15) is 10.2 Å². The Balaban J connectivity index is 1.77. The Labute approximate surface area is 157 Å². The number of nitrogens with one attached hydrogen (secondary N) is 1. The number of aromatic nitrogens is 3. The summed E-state index contributed by atoms with van der Waals surface area (Å²) in [7, 11) is 0. The van der Waals surface area contributed by atoms with Crippen LogP contribution >= 0.6 is 11.8 Å². The number of rotatable bonds is 5. The zero-order valence-corrected chi connectivity index (χ0v) is 15.8. The van der Waals surface area contributed by atoms with Crippen molar-refractivity contribution in [3.63, 3.8) is 0 Å². The van der Waals surface area contributed by atoms with Gasteiger partial charge in [0, 0.05) is 10.6 Å². The van der Waals surface area contributed by atoms with E-state index in [1.165, 1.54) is 27.9 Å². The lowest BCUT2D eigenvalue weighted by molar-refractivity contribution is 0.910. The van der Waals surface area contributed by atoms with Gasteiger partial charge >= 0.3 is 0 Å². The summed E-state index contributed by atoms with van der Waals surface area (Å²) in [5.41, 5.74) is 5.54. The molecule has 0 aliphatic heterocycles. The second-order valence-corrected chi connectivity index (χ2v) is 7.06. The number of nitriles is 1. The maximum Gasteiger partial charge on any atom is 0.231 e. The van der Waals surface area contributed by atoms with E-state index in [-0.39, 0.29) is 0 Å². The third-order valence-corrected chi connectivity index (χ3v) is 5.07. The van der Waals surface area contributed by atoms with E-state index in [0.717, 1.165) is 11.3 Å². The molecule has 1 aromatic heterocycles. The van der Waals surface area contributed by atoms with Crippen molar-refractivity contribution in [3.8, 4) is 6.07 Å². The molecule has 3 aromatic rings. The molecule has 0 radical (unpaired) electrons. The summed E-state index contributed by atoms with van der Waals surface area (Å²) < 4.78 is 0. The standard InChI is InChI=1S/C20H19N5S/c1-13-10-14(2)18(15(3)11-13)26-20-23-12-22-19(25-20)24-17-6-4-16(5-7-17)8-9-21/h4-7,10-12H,8H2,1-3H3,(H,22,23,24,25). The van der Waals surface area contributed by atoms with E-state index >= 15 is 0 Å². The first-order chi connectivity index (χ1) is 12.5. The molecule has 2 aromatic carbocycles. The van der Waals surface area contributed by atoms with Crippen LogP contribution < -0.4 is 5.32 Å². The SMILES string of the molecule is Cc1cc(C)c(Sc2ncnc(Nc3ccc(CC#N)cc3)n2)c(C)c1. The van der Waals surface area contributed by atoms with Gasteiger partial charge in [0.25, 0.3) is 0 Å². The van der Waals surface area contributed by atoms with Crippen LogP contribution in [0.5, 0.6) is 0 Å². The van der Waals surface area contributed by atoms with Crippen LogP contribution in [-0.2, 0) is 6.42 Å². The van der Waals surface area contributed by atoms with Gasteiger partial charge in [0.05, 0.1) is 12.5 Å². The highest BCUT2D eigenvalue weighted by Gasteiger charge is 2.09. The minimum absolute atomic E-state index is 0.405. The van der Waals surface area contributed by atoms with Crippen molar-refractivity contribution in [2.45, 2.75) is 37.2 Å². The highest BCUT2D eigenvalue weighted by Crippen LogP contribution is 2.32. The van der Waals surface area contributed by atoms with Gasteiger partial charge in [-0.15, -0.1) is 0 Å². The average molecular weight is 361 g/mol. The summed E-state index contributed by atoms with van der Waals surface area (Å²) in [6, 6.07) is 14.1. The second-order valence-electron chi connectivity index (χ2n) is 6.08. The predicted molar refractivity (Wildman–Crippen MR) is 104 cm³/mol. The van der Waals surface area contributed by atoms with Crippen molar-refractivity contribution in [2.75, 3.05) is 5.32 Å². The summed E-state index contributed by atoms with van der Waals surface area (Å²) >= 11 is 1.55. The van der Waals surface area contributed by atoms with Crippen LogP contribution in [0.15, 0.2) is 52.8 Å². The first kappa shape index (κ1) is 17.9. The fourth-order valence-electron chi connectivity index (χ4n) is 2.74.